The maximum Gasteiger partial charge on any atom is 0.251 e. The first-order chi connectivity index (χ1) is 14.2. The highest BCUT2D eigenvalue weighted by Crippen LogP contribution is 2.25. The van der Waals surface area contributed by atoms with Crippen LogP contribution >= 0.6 is 0 Å². The molecule has 1 aromatic heterocycles. The molecule has 0 radical (unpaired) electrons. The van der Waals surface area contributed by atoms with Crippen molar-refractivity contribution in [1.82, 2.24) is 10.5 Å². The smallest absolute Gasteiger partial charge is 0.251 e. The maximum absolute atomic E-state index is 12.2. The molecule has 6 heteroatoms. The van der Waals surface area contributed by atoms with Gasteiger partial charge in [-0.05, 0) is 25.0 Å². The first-order valence-corrected chi connectivity index (χ1v) is 9.87. The number of nitrogens with one attached hydrogen (secondary N) is 1. The molecule has 1 aliphatic rings. The molecule has 6 nitrogen and oxygen atoms in total. The maximum atomic E-state index is 12.2. The standard InChI is InChI=1S/C23H24N2O4/c26-20-12-11-19(13-18-14-21(29-25-18)16-7-3-1-4-8-16)28-22(20)15-24-23(27)17-9-5-2-6-10-17/h1-10,14,19-20,22,26H,11-13,15H2,(H,24,27). The molecule has 0 spiro atoms. The van der Waals surface area contributed by atoms with E-state index in [1.165, 1.54) is 0 Å². The summed E-state index contributed by atoms with van der Waals surface area (Å²) in [5.74, 6) is 0.552. The summed E-state index contributed by atoms with van der Waals surface area (Å²) in [7, 11) is 0. The molecule has 3 aromatic rings. The van der Waals surface area contributed by atoms with E-state index >= 15 is 0 Å². The van der Waals surface area contributed by atoms with Gasteiger partial charge in [0.05, 0.1) is 17.9 Å². The number of amides is 1. The minimum Gasteiger partial charge on any atom is -0.390 e. The monoisotopic (exact) mass is 392 g/mol. The number of aromatic nitrogens is 1. The van der Waals surface area contributed by atoms with E-state index in [1.54, 1.807) is 12.1 Å². The lowest BCUT2D eigenvalue weighted by molar-refractivity contribution is -0.114. The van der Waals surface area contributed by atoms with Crippen LogP contribution in [0.25, 0.3) is 11.3 Å². The van der Waals surface area contributed by atoms with Crippen molar-refractivity contribution in [1.29, 1.82) is 0 Å². The van der Waals surface area contributed by atoms with Crippen LogP contribution in [0.2, 0.25) is 0 Å². The Morgan fingerprint density at radius 3 is 2.55 bits per heavy atom. The summed E-state index contributed by atoms with van der Waals surface area (Å²) in [6.45, 7) is 0.263. The second kappa shape index (κ2) is 9.03. The molecular formula is C23H24N2O4. The van der Waals surface area contributed by atoms with Crippen molar-refractivity contribution in [2.24, 2.45) is 0 Å². The molecule has 0 aliphatic carbocycles. The zero-order valence-electron chi connectivity index (χ0n) is 16.0. The Labute approximate surface area is 169 Å². The van der Waals surface area contributed by atoms with Crippen molar-refractivity contribution in [2.75, 3.05) is 6.54 Å². The van der Waals surface area contributed by atoms with Crippen molar-refractivity contribution < 1.29 is 19.2 Å². The third-order valence-corrected chi connectivity index (χ3v) is 5.13. The fourth-order valence-electron chi connectivity index (χ4n) is 3.55. The Kier molecular flexibility index (Phi) is 6.03. The number of hydrogen-bond acceptors (Lipinski definition) is 5. The van der Waals surface area contributed by atoms with Crippen LogP contribution in [-0.2, 0) is 11.2 Å². The molecule has 0 bridgehead atoms. The van der Waals surface area contributed by atoms with Crippen LogP contribution in [0.5, 0.6) is 0 Å². The van der Waals surface area contributed by atoms with Crippen LogP contribution in [0.3, 0.4) is 0 Å². The molecular weight excluding hydrogens is 368 g/mol. The molecule has 3 atom stereocenters. The van der Waals surface area contributed by atoms with E-state index in [4.69, 9.17) is 9.26 Å². The normalized spacial score (nSPS) is 21.6. The van der Waals surface area contributed by atoms with E-state index in [1.807, 2.05) is 54.6 Å². The predicted octanol–water partition coefficient (Wildman–Crippen LogP) is 3.22. The van der Waals surface area contributed by atoms with Gasteiger partial charge in [-0.2, -0.15) is 0 Å². The zero-order chi connectivity index (χ0) is 20.1. The van der Waals surface area contributed by atoms with E-state index < -0.39 is 12.2 Å². The number of carbonyl (C=O) groups is 1. The second-order valence-corrected chi connectivity index (χ2v) is 7.27. The molecule has 1 fully saturated rings. The number of aliphatic hydroxyl groups excluding tert-OH is 1. The second-order valence-electron chi connectivity index (χ2n) is 7.27. The van der Waals surface area contributed by atoms with Gasteiger partial charge in [0, 0.05) is 30.2 Å². The van der Waals surface area contributed by atoms with Crippen molar-refractivity contribution >= 4 is 5.91 Å². The molecule has 150 valence electrons. The van der Waals surface area contributed by atoms with Crippen LogP contribution in [-0.4, -0.2) is 41.0 Å². The Bertz CT molecular complexity index is 926. The lowest BCUT2D eigenvalue weighted by atomic mass is 9.98. The average molecular weight is 392 g/mol. The van der Waals surface area contributed by atoms with Gasteiger partial charge in [-0.25, -0.2) is 0 Å². The van der Waals surface area contributed by atoms with Crippen LogP contribution < -0.4 is 5.32 Å². The van der Waals surface area contributed by atoms with E-state index in [2.05, 4.69) is 10.5 Å². The van der Waals surface area contributed by atoms with Crippen molar-refractivity contribution in [2.45, 2.75) is 37.6 Å². The highest BCUT2D eigenvalue weighted by Gasteiger charge is 2.31. The molecule has 2 heterocycles. The van der Waals surface area contributed by atoms with E-state index in [-0.39, 0.29) is 18.6 Å². The quantitative estimate of drug-likeness (QED) is 0.673. The summed E-state index contributed by atoms with van der Waals surface area (Å²) in [5, 5.41) is 17.3. The molecule has 0 saturated carbocycles. The van der Waals surface area contributed by atoms with Gasteiger partial charge in [-0.3, -0.25) is 4.79 Å². The summed E-state index contributed by atoms with van der Waals surface area (Å²) in [6.07, 6.45) is 0.844. The lowest BCUT2D eigenvalue weighted by Gasteiger charge is -2.33. The molecule has 1 amide bonds. The highest BCUT2D eigenvalue weighted by atomic mass is 16.5. The number of aliphatic hydroxyl groups is 1. The molecule has 2 aromatic carbocycles. The highest BCUT2D eigenvalue weighted by molar-refractivity contribution is 5.94. The summed E-state index contributed by atoms with van der Waals surface area (Å²) in [5.41, 5.74) is 2.38. The molecule has 29 heavy (non-hydrogen) atoms. The van der Waals surface area contributed by atoms with E-state index in [9.17, 15) is 9.90 Å². The minimum absolute atomic E-state index is 0.0780. The number of rotatable bonds is 6. The Morgan fingerprint density at radius 1 is 1.07 bits per heavy atom. The largest absolute Gasteiger partial charge is 0.390 e. The summed E-state index contributed by atoms with van der Waals surface area (Å²) in [6, 6.07) is 20.8. The average Bonchev–Trinajstić information content (AvgIpc) is 3.23. The summed E-state index contributed by atoms with van der Waals surface area (Å²) in [4.78, 5) is 12.2. The number of ether oxygens (including phenoxy) is 1. The summed E-state index contributed by atoms with van der Waals surface area (Å²) < 4.78 is 11.5. The third-order valence-electron chi connectivity index (χ3n) is 5.13. The molecule has 1 aliphatic heterocycles. The van der Waals surface area contributed by atoms with Gasteiger partial charge in [0.25, 0.3) is 5.91 Å². The van der Waals surface area contributed by atoms with Crippen molar-refractivity contribution in [3.05, 3.63) is 78.0 Å². The predicted molar refractivity (Wildman–Crippen MR) is 108 cm³/mol. The fraction of sp³-hybridized carbons (Fsp3) is 0.304. The first-order valence-electron chi connectivity index (χ1n) is 9.87. The van der Waals surface area contributed by atoms with Gasteiger partial charge in [0.15, 0.2) is 5.76 Å². The van der Waals surface area contributed by atoms with Crippen LogP contribution in [0, 0.1) is 0 Å². The summed E-state index contributed by atoms with van der Waals surface area (Å²) >= 11 is 0. The number of carbonyl (C=O) groups excluding carboxylic acids is 1. The molecule has 3 unspecified atom stereocenters. The van der Waals surface area contributed by atoms with Crippen LogP contribution in [0.1, 0.15) is 28.9 Å². The van der Waals surface area contributed by atoms with E-state index in [0.717, 1.165) is 23.4 Å². The molecule has 2 N–H and O–H groups in total. The molecule has 4 rings (SSSR count). The zero-order valence-corrected chi connectivity index (χ0v) is 16.0. The topological polar surface area (TPSA) is 84.6 Å². The van der Waals surface area contributed by atoms with Crippen molar-refractivity contribution in [3.8, 4) is 11.3 Å². The minimum atomic E-state index is -0.598. The van der Waals surface area contributed by atoms with Gasteiger partial charge in [-0.15, -0.1) is 0 Å². The third kappa shape index (κ3) is 4.91. The van der Waals surface area contributed by atoms with Crippen LogP contribution in [0.15, 0.2) is 71.3 Å². The van der Waals surface area contributed by atoms with Gasteiger partial charge in [0.2, 0.25) is 0 Å². The Morgan fingerprint density at radius 2 is 1.79 bits per heavy atom. The van der Waals surface area contributed by atoms with Gasteiger partial charge in [-0.1, -0.05) is 53.7 Å². The van der Waals surface area contributed by atoms with Gasteiger partial charge >= 0.3 is 0 Å². The fourth-order valence-corrected chi connectivity index (χ4v) is 3.55. The van der Waals surface area contributed by atoms with Gasteiger partial charge < -0.3 is 19.7 Å². The Balaban J connectivity index is 1.33. The number of hydrogen-bond donors (Lipinski definition) is 2. The lowest BCUT2D eigenvalue weighted by Crippen LogP contribution is -2.46. The van der Waals surface area contributed by atoms with Gasteiger partial charge in [0.1, 0.15) is 6.10 Å². The van der Waals surface area contributed by atoms with E-state index in [0.29, 0.717) is 18.4 Å². The SMILES string of the molecule is O=C(NCC1OC(Cc2cc(-c3ccccc3)on2)CCC1O)c1ccccc1. The number of benzene rings is 2. The Hall–Kier alpha value is -2.96. The molecule has 1 saturated heterocycles. The first kappa shape index (κ1) is 19.4. The van der Waals surface area contributed by atoms with Crippen molar-refractivity contribution in [3.63, 3.8) is 0 Å². The number of nitrogens with zero attached hydrogens (tertiary/aromatic N) is 1. The van der Waals surface area contributed by atoms with Crippen LogP contribution in [0.4, 0.5) is 0 Å².